The minimum Gasteiger partial charge on any atom is -0.387 e. The predicted molar refractivity (Wildman–Crippen MR) is 96.6 cm³/mol. The second kappa shape index (κ2) is 9.63. The molecule has 7 heteroatoms. The Balaban J connectivity index is 0.00000264. The Hall–Kier alpha value is -1.46. The maximum absolute atomic E-state index is 11.7. The number of hydrogen-bond acceptors (Lipinski definition) is 3. The molecule has 2 aromatic rings. The summed E-state index contributed by atoms with van der Waals surface area (Å²) >= 11 is 11.8. The van der Waals surface area contributed by atoms with Crippen molar-refractivity contribution in [1.82, 2.24) is 5.32 Å². The summed E-state index contributed by atoms with van der Waals surface area (Å²) in [6.45, 7) is 0.221. The van der Waals surface area contributed by atoms with Crippen LogP contribution < -0.4 is 10.6 Å². The van der Waals surface area contributed by atoms with Crippen molar-refractivity contribution in [3.63, 3.8) is 0 Å². The third-order valence-corrected chi connectivity index (χ3v) is 3.43. The minimum absolute atomic E-state index is 0. The molecule has 2 aromatic carbocycles. The maximum atomic E-state index is 11.7. The topological polar surface area (TPSA) is 61.4 Å². The zero-order valence-corrected chi connectivity index (χ0v) is 14.5. The van der Waals surface area contributed by atoms with E-state index in [4.69, 9.17) is 23.2 Å². The number of carbonyl (C=O) groups excluding carboxylic acids is 1. The molecule has 23 heavy (non-hydrogen) atoms. The van der Waals surface area contributed by atoms with Crippen LogP contribution in [0.4, 0.5) is 5.69 Å². The van der Waals surface area contributed by atoms with Gasteiger partial charge in [0.1, 0.15) is 0 Å². The molecular formula is C16H17Cl3N2O2. The number of rotatable bonds is 6. The Morgan fingerprint density at radius 1 is 1.09 bits per heavy atom. The number of anilines is 1. The summed E-state index contributed by atoms with van der Waals surface area (Å²) in [6.07, 6.45) is -0.864. The van der Waals surface area contributed by atoms with Crippen LogP contribution in [0.5, 0.6) is 0 Å². The van der Waals surface area contributed by atoms with Crippen LogP contribution in [0.3, 0.4) is 0 Å². The third kappa shape index (κ3) is 6.67. The van der Waals surface area contributed by atoms with Gasteiger partial charge in [0.15, 0.2) is 0 Å². The molecule has 0 aliphatic heterocycles. The zero-order valence-electron chi connectivity index (χ0n) is 12.1. The molecule has 0 bridgehead atoms. The molecular weight excluding hydrogens is 359 g/mol. The largest absolute Gasteiger partial charge is 0.387 e. The van der Waals surface area contributed by atoms with Crippen LogP contribution in [0.15, 0.2) is 48.5 Å². The third-order valence-electron chi connectivity index (χ3n) is 2.99. The van der Waals surface area contributed by atoms with E-state index in [1.807, 2.05) is 30.3 Å². The van der Waals surface area contributed by atoms with Crippen LogP contribution in [-0.4, -0.2) is 24.1 Å². The average Bonchev–Trinajstić information content (AvgIpc) is 2.50. The van der Waals surface area contributed by atoms with Gasteiger partial charge in [0.05, 0.1) is 12.6 Å². The number of nitrogens with one attached hydrogen (secondary N) is 2. The molecule has 1 atom stereocenters. The van der Waals surface area contributed by atoms with Crippen molar-refractivity contribution in [2.75, 3.05) is 18.4 Å². The normalized spacial score (nSPS) is 11.3. The summed E-state index contributed by atoms with van der Waals surface area (Å²) in [5.74, 6) is -0.212. The van der Waals surface area contributed by atoms with Gasteiger partial charge in [0.25, 0.3) is 0 Å². The number of benzene rings is 2. The van der Waals surface area contributed by atoms with E-state index in [0.717, 1.165) is 5.69 Å². The van der Waals surface area contributed by atoms with Gasteiger partial charge in [-0.05, 0) is 35.9 Å². The summed E-state index contributed by atoms with van der Waals surface area (Å²) in [5, 5.41) is 16.6. The van der Waals surface area contributed by atoms with Gasteiger partial charge in [0.2, 0.25) is 5.91 Å². The highest BCUT2D eigenvalue weighted by Crippen LogP contribution is 2.23. The van der Waals surface area contributed by atoms with Crippen molar-refractivity contribution in [1.29, 1.82) is 0 Å². The summed E-state index contributed by atoms with van der Waals surface area (Å²) in [4.78, 5) is 11.7. The Bertz CT molecular complexity index is 618. The van der Waals surface area contributed by atoms with Crippen molar-refractivity contribution in [2.45, 2.75) is 6.10 Å². The fourth-order valence-electron chi connectivity index (χ4n) is 1.90. The van der Waals surface area contributed by atoms with Gasteiger partial charge in [0, 0.05) is 22.3 Å². The van der Waals surface area contributed by atoms with E-state index in [0.29, 0.717) is 15.6 Å². The van der Waals surface area contributed by atoms with Crippen LogP contribution in [0.2, 0.25) is 10.0 Å². The molecule has 124 valence electrons. The molecule has 0 aromatic heterocycles. The molecule has 3 N–H and O–H groups in total. The van der Waals surface area contributed by atoms with Gasteiger partial charge in [-0.2, -0.15) is 0 Å². The van der Waals surface area contributed by atoms with Crippen LogP contribution in [0.1, 0.15) is 11.7 Å². The predicted octanol–water partition coefficient (Wildman–Crippen LogP) is 3.68. The number of para-hydroxylation sites is 1. The van der Waals surface area contributed by atoms with Gasteiger partial charge in [-0.15, -0.1) is 12.4 Å². The summed E-state index contributed by atoms with van der Waals surface area (Å²) < 4.78 is 0. The van der Waals surface area contributed by atoms with E-state index >= 15 is 0 Å². The van der Waals surface area contributed by atoms with Crippen molar-refractivity contribution in [3.8, 4) is 0 Å². The van der Waals surface area contributed by atoms with E-state index in [9.17, 15) is 9.90 Å². The second-order valence-corrected chi connectivity index (χ2v) is 5.62. The van der Waals surface area contributed by atoms with Crippen molar-refractivity contribution in [3.05, 3.63) is 64.1 Å². The van der Waals surface area contributed by atoms with E-state index in [-0.39, 0.29) is 31.4 Å². The number of halogens is 3. The second-order valence-electron chi connectivity index (χ2n) is 4.74. The highest BCUT2D eigenvalue weighted by Gasteiger charge is 2.11. The fourth-order valence-corrected chi connectivity index (χ4v) is 2.44. The number of amides is 1. The smallest absolute Gasteiger partial charge is 0.239 e. The summed E-state index contributed by atoms with van der Waals surface area (Å²) in [5.41, 5.74) is 1.42. The lowest BCUT2D eigenvalue weighted by Gasteiger charge is -2.13. The fraction of sp³-hybridized carbons (Fsp3) is 0.188. The minimum atomic E-state index is -0.864. The van der Waals surface area contributed by atoms with E-state index in [2.05, 4.69) is 10.6 Å². The Labute approximate surface area is 151 Å². The number of aliphatic hydroxyl groups is 1. The number of hydrogen-bond donors (Lipinski definition) is 3. The molecule has 0 fully saturated rings. The quantitative estimate of drug-likeness (QED) is 0.722. The van der Waals surface area contributed by atoms with Crippen molar-refractivity contribution < 1.29 is 9.90 Å². The van der Waals surface area contributed by atoms with Crippen LogP contribution in [0, 0.1) is 0 Å². The van der Waals surface area contributed by atoms with Gasteiger partial charge in [-0.1, -0.05) is 41.4 Å². The molecule has 2 rings (SSSR count). The van der Waals surface area contributed by atoms with Crippen LogP contribution in [0.25, 0.3) is 0 Å². The van der Waals surface area contributed by atoms with Crippen LogP contribution in [-0.2, 0) is 4.79 Å². The molecule has 0 heterocycles. The molecule has 0 aliphatic carbocycles. The maximum Gasteiger partial charge on any atom is 0.239 e. The van der Waals surface area contributed by atoms with Gasteiger partial charge in [-0.25, -0.2) is 0 Å². The van der Waals surface area contributed by atoms with Gasteiger partial charge in [-0.3, -0.25) is 4.79 Å². The van der Waals surface area contributed by atoms with Crippen LogP contribution >= 0.6 is 35.6 Å². The Morgan fingerprint density at radius 2 is 1.70 bits per heavy atom. The first kappa shape index (κ1) is 19.6. The van der Waals surface area contributed by atoms with Gasteiger partial charge >= 0.3 is 0 Å². The monoisotopic (exact) mass is 374 g/mol. The van der Waals surface area contributed by atoms with Crippen molar-refractivity contribution in [2.24, 2.45) is 0 Å². The summed E-state index contributed by atoms with van der Waals surface area (Å²) in [6, 6.07) is 14.2. The molecule has 4 nitrogen and oxygen atoms in total. The van der Waals surface area contributed by atoms with Gasteiger partial charge < -0.3 is 15.7 Å². The molecule has 1 unspecified atom stereocenters. The summed E-state index contributed by atoms with van der Waals surface area (Å²) in [7, 11) is 0. The average molecular weight is 376 g/mol. The first-order chi connectivity index (χ1) is 10.5. The highest BCUT2D eigenvalue weighted by atomic mass is 35.5. The number of aliphatic hydroxyl groups excluding tert-OH is 1. The molecule has 0 saturated carbocycles. The Morgan fingerprint density at radius 3 is 2.30 bits per heavy atom. The molecule has 1 amide bonds. The first-order valence-corrected chi connectivity index (χ1v) is 7.50. The molecule has 0 spiro atoms. The van der Waals surface area contributed by atoms with Crippen molar-refractivity contribution >= 4 is 47.2 Å². The molecule has 0 aliphatic rings. The SMILES string of the molecule is Cl.O=C(CNc1ccccc1)NCC(O)c1cc(Cl)cc(Cl)c1. The molecule has 0 radical (unpaired) electrons. The lowest BCUT2D eigenvalue weighted by atomic mass is 10.1. The molecule has 0 saturated heterocycles. The highest BCUT2D eigenvalue weighted by molar-refractivity contribution is 6.34. The Kier molecular flexibility index (Phi) is 8.20. The lowest BCUT2D eigenvalue weighted by Crippen LogP contribution is -2.33. The zero-order chi connectivity index (χ0) is 15.9. The number of carbonyl (C=O) groups is 1. The lowest BCUT2D eigenvalue weighted by molar-refractivity contribution is -0.119. The standard InChI is InChI=1S/C16H16Cl2N2O2.ClH/c17-12-6-11(7-13(18)8-12)15(21)9-20-16(22)10-19-14-4-2-1-3-5-14;/h1-8,15,19,21H,9-10H2,(H,20,22);1H. The first-order valence-electron chi connectivity index (χ1n) is 6.74. The van der Waals surface area contributed by atoms with E-state index in [1.165, 1.54) is 0 Å². The van der Waals surface area contributed by atoms with E-state index < -0.39 is 6.10 Å². The van der Waals surface area contributed by atoms with E-state index in [1.54, 1.807) is 18.2 Å².